The van der Waals surface area contributed by atoms with Crippen LogP contribution in [0.15, 0.2) is 40.3 Å². The van der Waals surface area contributed by atoms with E-state index in [-0.39, 0.29) is 17.2 Å². The monoisotopic (exact) mass is 413 g/mol. The number of hydrogen-bond acceptors (Lipinski definition) is 5. The van der Waals surface area contributed by atoms with Crippen molar-refractivity contribution < 1.29 is 4.79 Å². The maximum absolute atomic E-state index is 13.0. The molecule has 3 rings (SSSR count). The molecule has 0 spiro atoms. The van der Waals surface area contributed by atoms with Crippen molar-refractivity contribution in [2.45, 2.75) is 51.2 Å². The molecule has 2 heterocycles. The van der Waals surface area contributed by atoms with Crippen LogP contribution >= 0.6 is 11.8 Å². The van der Waals surface area contributed by atoms with Crippen LogP contribution in [0, 0.1) is 6.92 Å². The zero-order valence-corrected chi connectivity index (χ0v) is 18.0. The normalized spacial score (nSPS) is 11.1. The number of rotatable bonds is 9. The number of para-hydroxylation sites is 1. The first-order chi connectivity index (χ1) is 14.0. The maximum Gasteiger partial charge on any atom is 0.262 e. The van der Waals surface area contributed by atoms with Gasteiger partial charge >= 0.3 is 0 Å². The largest absolute Gasteiger partial charge is 0.310 e. The molecule has 0 unspecified atom stereocenters. The number of carbonyl (C=O) groups is 1. The summed E-state index contributed by atoms with van der Waals surface area (Å²) < 4.78 is 3.35. The summed E-state index contributed by atoms with van der Waals surface area (Å²) in [5.41, 5.74) is 1.46. The minimum atomic E-state index is -0.155. The van der Waals surface area contributed by atoms with E-state index in [1.807, 2.05) is 31.2 Å². The molecule has 1 amide bonds. The lowest BCUT2D eigenvalue weighted by Crippen LogP contribution is -2.24. The van der Waals surface area contributed by atoms with Crippen molar-refractivity contribution in [1.82, 2.24) is 19.3 Å². The average Bonchev–Trinajstić information content (AvgIpc) is 3.02. The molecule has 3 aromatic rings. The van der Waals surface area contributed by atoms with Gasteiger partial charge in [0, 0.05) is 19.7 Å². The molecule has 2 aromatic heterocycles. The number of aryl methyl sites for hydroxylation is 2. The highest BCUT2D eigenvalue weighted by molar-refractivity contribution is 7.99. The molecule has 29 heavy (non-hydrogen) atoms. The molecule has 154 valence electrons. The highest BCUT2D eigenvalue weighted by Crippen LogP contribution is 2.19. The first-order valence-electron chi connectivity index (χ1n) is 9.92. The van der Waals surface area contributed by atoms with Gasteiger partial charge < -0.3 is 5.32 Å². The topological polar surface area (TPSA) is 81.8 Å². The van der Waals surface area contributed by atoms with E-state index in [1.54, 1.807) is 22.4 Å². The Kier molecular flexibility index (Phi) is 7.09. The second-order valence-corrected chi connectivity index (χ2v) is 8.00. The van der Waals surface area contributed by atoms with Gasteiger partial charge in [-0.25, -0.2) is 4.98 Å². The number of fused-ring (bicyclic) bond motifs is 1. The Balaban J connectivity index is 1.78. The van der Waals surface area contributed by atoms with E-state index in [2.05, 4.69) is 22.3 Å². The van der Waals surface area contributed by atoms with Gasteiger partial charge in [-0.3, -0.25) is 18.8 Å². The van der Waals surface area contributed by atoms with Gasteiger partial charge in [0.25, 0.3) is 5.56 Å². The number of thioether (sulfide) groups is 1. The minimum Gasteiger partial charge on any atom is -0.310 e. The third kappa shape index (κ3) is 5.26. The molecule has 0 aliphatic heterocycles. The molecule has 0 radical (unpaired) electrons. The molecule has 0 saturated heterocycles. The van der Waals surface area contributed by atoms with E-state index in [4.69, 9.17) is 0 Å². The molecule has 0 aliphatic rings. The van der Waals surface area contributed by atoms with Crippen LogP contribution < -0.4 is 10.9 Å². The summed E-state index contributed by atoms with van der Waals surface area (Å²) in [7, 11) is 1.79. The smallest absolute Gasteiger partial charge is 0.262 e. The van der Waals surface area contributed by atoms with Gasteiger partial charge in [-0.1, -0.05) is 50.1 Å². The Morgan fingerprint density at radius 2 is 2.00 bits per heavy atom. The van der Waals surface area contributed by atoms with Crippen molar-refractivity contribution in [3.05, 3.63) is 46.4 Å². The number of hydrogen-bond donors (Lipinski definition) is 1. The minimum absolute atomic E-state index is 0.0442. The summed E-state index contributed by atoms with van der Waals surface area (Å²) in [5, 5.41) is 8.28. The first kappa shape index (κ1) is 21.1. The molecule has 1 aromatic carbocycles. The van der Waals surface area contributed by atoms with E-state index in [0.717, 1.165) is 31.4 Å². The zero-order chi connectivity index (χ0) is 20.8. The lowest BCUT2D eigenvalue weighted by molar-refractivity contribution is -0.113. The Bertz CT molecular complexity index is 1060. The Hall–Kier alpha value is -2.61. The summed E-state index contributed by atoms with van der Waals surface area (Å²) in [6.07, 6.45) is 4.27. The van der Waals surface area contributed by atoms with Crippen molar-refractivity contribution >= 4 is 34.4 Å². The summed E-state index contributed by atoms with van der Waals surface area (Å²) in [4.78, 5) is 30.1. The standard InChI is InChI=1S/C21H27N5O2S/c1-4-5-6-9-12-26-20(28)16-10-7-8-11-17(16)22-21(26)29-14-19(27)23-18-13-15(2)24-25(18)3/h7-8,10-11,13H,4-6,9,12,14H2,1-3H3,(H,23,27). The molecule has 0 fully saturated rings. The fourth-order valence-electron chi connectivity index (χ4n) is 3.19. The number of nitrogens with zero attached hydrogens (tertiary/aromatic N) is 4. The van der Waals surface area contributed by atoms with Gasteiger partial charge in [0.2, 0.25) is 5.91 Å². The van der Waals surface area contributed by atoms with Crippen molar-refractivity contribution in [1.29, 1.82) is 0 Å². The van der Waals surface area contributed by atoms with Crippen LogP contribution in [0.5, 0.6) is 0 Å². The Morgan fingerprint density at radius 1 is 1.21 bits per heavy atom. The SMILES string of the molecule is CCCCCCn1c(SCC(=O)Nc2cc(C)nn2C)nc2ccccc2c1=O. The molecular weight excluding hydrogens is 386 g/mol. The fourth-order valence-corrected chi connectivity index (χ4v) is 4.01. The maximum atomic E-state index is 13.0. The second-order valence-electron chi connectivity index (χ2n) is 7.06. The predicted molar refractivity (Wildman–Crippen MR) is 117 cm³/mol. The lowest BCUT2D eigenvalue weighted by atomic mass is 10.2. The van der Waals surface area contributed by atoms with Crippen LogP contribution in [0.3, 0.4) is 0 Å². The number of unbranched alkanes of at least 4 members (excludes halogenated alkanes) is 3. The summed E-state index contributed by atoms with van der Waals surface area (Å²) >= 11 is 1.29. The average molecular weight is 414 g/mol. The number of nitrogens with one attached hydrogen (secondary N) is 1. The molecule has 8 heteroatoms. The first-order valence-corrected chi connectivity index (χ1v) is 10.9. The van der Waals surface area contributed by atoms with E-state index < -0.39 is 0 Å². The van der Waals surface area contributed by atoms with Gasteiger partial charge in [-0.15, -0.1) is 0 Å². The lowest BCUT2D eigenvalue weighted by Gasteiger charge is -2.13. The number of amides is 1. The summed E-state index contributed by atoms with van der Waals surface area (Å²) in [6.45, 7) is 4.65. The molecule has 0 atom stereocenters. The van der Waals surface area contributed by atoms with Gasteiger partial charge in [-0.05, 0) is 25.5 Å². The van der Waals surface area contributed by atoms with Crippen molar-refractivity contribution in [3.63, 3.8) is 0 Å². The zero-order valence-electron chi connectivity index (χ0n) is 17.1. The molecule has 0 bridgehead atoms. The number of anilines is 1. The quantitative estimate of drug-likeness (QED) is 0.328. The highest BCUT2D eigenvalue weighted by atomic mass is 32.2. The molecular formula is C21H27N5O2S. The molecule has 0 aliphatic carbocycles. The van der Waals surface area contributed by atoms with Crippen molar-refractivity contribution in [2.24, 2.45) is 7.05 Å². The van der Waals surface area contributed by atoms with Crippen LogP contribution in [0.4, 0.5) is 5.82 Å². The molecule has 0 saturated carbocycles. The Morgan fingerprint density at radius 3 is 2.72 bits per heavy atom. The highest BCUT2D eigenvalue weighted by Gasteiger charge is 2.14. The number of benzene rings is 1. The van der Waals surface area contributed by atoms with E-state index >= 15 is 0 Å². The molecule has 1 N–H and O–H groups in total. The third-order valence-corrected chi connectivity index (χ3v) is 5.64. The van der Waals surface area contributed by atoms with Crippen LogP contribution in [0.1, 0.15) is 38.3 Å². The second kappa shape index (κ2) is 9.73. The van der Waals surface area contributed by atoms with E-state index in [0.29, 0.717) is 28.4 Å². The Labute approximate surface area is 174 Å². The van der Waals surface area contributed by atoms with Crippen LogP contribution in [-0.4, -0.2) is 31.0 Å². The number of carbonyl (C=O) groups excluding carboxylic acids is 1. The fraction of sp³-hybridized carbons (Fsp3) is 0.429. The van der Waals surface area contributed by atoms with Crippen molar-refractivity contribution in [3.8, 4) is 0 Å². The van der Waals surface area contributed by atoms with Crippen LogP contribution in [0.2, 0.25) is 0 Å². The number of aromatic nitrogens is 4. The predicted octanol–water partition coefficient (Wildman–Crippen LogP) is 3.75. The summed E-state index contributed by atoms with van der Waals surface area (Å²) in [6, 6.07) is 9.18. The summed E-state index contributed by atoms with van der Waals surface area (Å²) in [5.74, 6) is 0.665. The van der Waals surface area contributed by atoms with Crippen LogP contribution in [0.25, 0.3) is 10.9 Å². The van der Waals surface area contributed by atoms with E-state index in [9.17, 15) is 9.59 Å². The third-order valence-electron chi connectivity index (χ3n) is 4.66. The molecule has 7 nitrogen and oxygen atoms in total. The van der Waals surface area contributed by atoms with Crippen molar-refractivity contribution in [2.75, 3.05) is 11.1 Å². The van der Waals surface area contributed by atoms with Gasteiger partial charge in [0.05, 0.1) is 22.3 Å². The van der Waals surface area contributed by atoms with Gasteiger partial charge in [-0.2, -0.15) is 5.10 Å². The van der Waals surface area contributed by atoms with Gasteiger partial charge in [0.1, 0.15) is 5.82 Å². The van der Waals surface area contributed by atoms with Crippen LogP contribution in [-0.2, 0) is 18.4 Å². The van der Waals surface area contributed by atoms with E-state index in [1.165, 1.54) is 11.8 Å². The van der Waals surface area contributed by atoms with Gasteiger partial charge in [0.15, 0.2) is 5.16 Å².